The number of rotatable bonds is 8. The van der Waals surface area contributed by atoms with E-state index in [0.29, 0.717) is 25.9 Å². The van der Waals surface area contributed by atoms with Crippen LogP contribution in [0.2, 0.25) is 0 Å². The standard InChI is InChI=1S/C14H18O4/c1-11(16)14(17)13(9-15)7-8-18-10-12-5-3-2-4-6-12/h2-6,9,13-14,17H,7-8,10H2,1H3/t13-,14+/m1/s1. The van der Waals surface area contributed by atoms with Gasteiger partial charge in [-0.2, -0.15) is 0 Å². The van der Waals surface area contributed by atoms with Gasteiger partial charge in [0.2, 0.25) is 0 Å². The zero-order valence-electron chi connectivity index (χ0n) is 10.4. The molecule has 4 heteroatoms. The second-order valence-electron chi connectivity index (χ2n) is 4.18. The lowest BCUT2D eigenvalue weighted by atomic mass is 9.98. The van der Waals surface area contributed by atoms with Gasteiger partial charge in [0.1, 0.15) is 12.4 Å². The first-order valence-electron chi connectivity index (χ1n) is 5.90. The van der Waals surface area contributed by atoms with E-state index >= 15 is 0 Å². The molecule has 0 aliphatic rings. The number of ketones is 1. The number of aliphatic hydroxyl groups is 1. The molecular weight excluding hydrogens is 232 g/mol. The fraction of sp³-hybridized carbons (Fsp3) is 0.429. The Morgan fingerprint density at radius 2 is 2.06 bits per heavy atom. The van der Waals surface area contributed by atoms with Crippen molar-refractivity contribution in [1.29, 1.82) is 0 Å². The van der Waals surface area contributed by atoms with Crippen molar-refractivity contribution in [3.63, 3.8) is 0 Å². The minimum Gasteiger partial charge on any atom is -0.385 e. The molecule has 0 amide bonds. The van der Waals surface area contributed by atoms with Gasteiger partial charge in [0.15, 0.2) is 5.78 Å². The van der Waals surface area contributed by atoms with E-state index in [1.807, 2.05) is 30.3 Å². The van der Waals surface area contributed by atoms with Crippen LogP contribution in [0, 0.1) is 5.92 Å². The number of hydrogen-bond donors (Lipinski definition) is 1. The predicted octanol–water partition coefficient (Wildman–Crippen LogP) is 1.36. The van der Waals surface area contributed by atoms with Gasteiger partial charge in [0.05, 0.1) is 6.61 Å². The van der Waals surface area contributed by atoms with E-state index in [-0.39, 0.29) is 0 Å². The quantitative estimate of drug-likeness (QED) is 0.559. The van der Waals surface area contributed by atoms with Gasteiger partial charge in [-0.05, 0) is 18.9 Å². The number of carbonyl (C=O) groups excluding carboxylic acids is 2. The topological polar surface area (TPSA) is 63.6 Å². The van der Waals surface area contributed by atoms with Crippen molar-refractivity contribution in [3.05, 3.63) is 35.9 Å². The fourth-order valence-corrected chi connectivity index (χ4v) is 1.59. The molecule has 0 saturated carbocycles. The lowest BCUT2D eigenvalue weighted by Gasteiger charge is -2.14. The maximum atomic E-state index is 10.9. The van der Waals surface area contributed by atoms with Gasteiger partial charge in [0, 0.05) is 12.5 Å². The van der Waals surface area contributed by atoms with E-state index in [9.17, 15) is 14.7 Å². The van der Waals surface area contributed by atoms with Crippen LogP contribution in [-0.4, -0.2) is 29.9 Å². The molecule has 0 heterocycles. The van der Waals surface area contributed by atoms with E-state index in [1.165, 1.54) is 6.92 Å². The average molecular weight is 250 g/mol. The number of aldehydes is 1. The molecule has 18 heavy (non-hydrogen) atoms. The Balaban J connectivity index is 2.28. The van der Waals surface area contributed by atoms with Crippen molar-refractivity contribution in [3.8, 4) is 0 Å². The smallest absolute Gasteiger partial charge is 0.158 e. The van der Waals surface area contributed by atoms with Gasteiger partial charge in [0.25, 0.3) is 0 Å². The lowest BCUT2D eigenvalue weighted by Crippen LogP contribution is -2.29. The van der Waals surface area contributed by atoms with Crippen molar-refractivity contribution in [1.82, 2.24) is 0 Å². The van der Waals surface area contributed by atoms with E-state index in [1.54, 1.807) is 0 Å². The fourth-order valence-electron chi connectivity index (χ4n) is 1.59. The summed E-state index contributed by atoms with van der Waals surface area (Å²) in [4.78, 5) is 21.7. The SMILES string of the molecule is CC(=O)[C@H](O)[C@@H](C=O)CCOCc1ccccc1. The second-order valence-corrected chi connectivity index (χ2v) is 4.18. The van der Waals surface area contributed by atoms with Crippen molar-refractivity contribution >= 4 is 12.1 Å². The number of Topliss-reactive ketones (excluding diaryl/α,β-unsaturated/α-hetero) is 1. The van der Waals surface area contributed by atoms with Crippen LogP contribution < -0.4 is 0 Å². The highest BCUT2D eigenvalue weighted by atomic mass is 16.5. The largest absolute Gasteiger partial charge is 0.385 e. The molecule has 1 N–H and O–H groups in total. The Hall–Kier alpha value is -1.52. The van der Waals surface area contributed by atoms with Crippen molar-refractivity contribution in [2.45, 2.75) is 26.1 Å². The monoisotopic (exact) mass is 250 g/mol. The van der Waals surface area contributed by atoms with Gasteiger partial charge >= 0.3 is 0 Å². The molecule has 0 fully saturated rings. The maximum Gasteiger partial charge on any atom is 0.158 e. The molecule has 2 atom stereocenters. The first-order chi connectivity index (χ1) is 8.65. The predicted molar refractivity (Wildman–Crippen MR) is 67.0 cm³/mol. The van der Waals surface area contributed by atoms with Crippen LogP contribution in [0.4, 0.5) is 0 Å². The van der Waals surface area contributed by atoms with Crippen LogP contribution in [0.5, 0.6) is 0 Å². The molecule has 0 saturated heterocycles. The van der Waals surface area contributed by atoms with Crippen molar-refractivity contribution < 1.29 is 19.4 Å². The Morgan fingerprint density at radius 3 is 2.61 bits per heavy atom. The lowest BCUT2D eigenvalue weighted by molar-refractivity contribution is -0.132. The summed E-state index contributed by atoms with van der Waals surface area (Å²) in [6.45, 7) is 2.07. The van der Waals surface area contributed by atoms with Gasteiger partial charge in [-0.15, -0.1) is 0 Å². The summed E-state index contributed by atoms with van der Waals surface area (Å²) in [5.74, 6) is -1.08. The average Bonchev–Trinajstić information content (AvgIpc) is 2.39. The first-order valence-corrected chi connectivity index (χ1v) is 5.90. The maximum absolute atomic E-state index is 10.9. The number of ether oxygens (including phenoxy) is 1. The summed E-state index contributed by atoms with van der Waals surface area (Å²) >= 11 is 0. The minimum atomic E-state index is -1.22. The highest BCUT2D eigenvalue weighted by Gasteiger charge is 2.22. The molecule has 0 aliphatic heterocycles. The van der Waals surface area contributed by atoms with Gasteiger partial charge in [-0.1, -0.05) is 30.3 Å². The molecule has 0 aromatic heterocycles. The Morgan fingerprint density at radius 1 is 1.39 bits per heavy atom. The Bertz CT molecular complexity index is 375. The summed E-state index contributed by atoms with van der Waals surface area (Å²) in [5.41, 5.74) is 1.05. The van der Waals surface area contributed by atoms with E-state index in [4.69, 9.17) is 4.74 Å². The number of aliphatic hydroxyl groups excluding tert-OH is 1. The molecule has 1 rings (SSSR count). The van der Waals surface area contributed by atoms with E-state index < -0.39 is 17.8 Å². The Labute approximate surface area is 107 Å². The minimum absolute atomic E-state index is 0.336. The number of benzene rings is 1. The van der Waals surface area contributed by atoms with Crippen LogP contribution in [0.25, 0.3) is 0 Å². The Kier molecular flexibility index (Phi) is 6.25. The molecule has 0 aliphatic carbocycles. The van der Waals surface area contributed by atoms with Crippen molar-refractivity contribution in [2.75, 3.05) is 6.61 Å². The summed E-state index contributed by atoms with van der Waals surface area (Å²) in [7, 11) is 0. The van der Waals surface area contributed by atoms with E-state index in [0.717, 1.165) is 5.56 Å². The van der Waals surface area contributed by atoms with Crippen molar-refractivity contribution in [2.24, 2.45) is 5.92 Å². The zero-order chi connectivity index (χ0) is 13.4. The third kappa shape index (κ3) is 4.77. The molecule has 98 valence electrons. The summed E-state index contributed by atoms with van der Waals surface area (Å²) in [6.07, 6.45) is -0.266. The molecule has 0 radical (unpaired) electrons. The normalized spacial score (nSPS) is 13.9. The molecular formula is C14H18O4. The highest BCUT2D eigenvalue weighted by Crippen LogP contribution is 2.09. The molecule has 1 aromatic carbocycles. The molecule has 0 spiro atoms. The van der Waals surface area contributed by atoms with Gasteiger partial charge in [-0.25, -0.2) is 0 Å². The number of hydrogen-bond acceptors (Lipinski definition) is 4. The third-order valence-electron chi connectivity index (χ3n) is 2.70. The first kappa shape index (κ1) is 14.5. The van der Waals surface area contributed by atoms with Crippen LogP contribution >= 0.6 is 0 Å². The summed E-state index contributed by atoms with van der Waals surface area (Å²) in [6, 6.07) is 9.66. The second kappa shape index (κ2) is 7.74. The van der Waals surface area contributed by atoms with Crippen LogP contribution in [-0.2, 0) is 20.9 Å². The third-order valence-corrected chi connectivity index (χ3v) is 2.70. The molecule has 4 nitrogen and oxygen atoms in total. The molecule has 1 aromatic rings. The van der Waals surface area contributed by atoms with Crippen LogP contribution in [0.3, 0.4) is 0 Å². The summed E-state index contributed by atoms with van der Waals surface area (Å²) < 4.78 is 5.40. The van der Waals surface area contributed by atoms with Gasteiger partial charge in [-0.3, -0.25) is 4.79 Å². The highest BCUT2D eigenvalue weighted by molar-refractivity contribution is 5.83. The molecule has 0 bridgehead atoms. The van der Waals surface area contributed by atoms with E-state index in [2.05, 4.69) is 0 Å². The van der Waals surface area contributed by atoms with Gasteiger partial charge < -0.3 is 14.6 Å². The zero-order valence-corrected chi connectivity index (χ0v) is 10.4. The van der Waals surface area contributed by atoms with Crippen LogP contribution in [0.1, 0.15) is 18.9 Å². The number of carbonyl (C=O) groups is 2. The summed E-state index contributed by atoms with van der Waals surface area (Å²) in [5, 5.41) is 9.47. The van der Waals surface area contributed by atoms with Crippen LogP contribution in [0.15, 0.2) is 30.3 Å². The molecule has 0 unspecified atom stereocenters.